The van der Waals surface area contributed by atoms with Crippen LogP contribution in [0.1, 0.15) is 6.42 Å². The molecule has 0 N–H and O–H groups in total. The fourth-order valence-corrected chi connectivity index (χ4v) is 2.56. The van der Waals surface area contributed by atoms with Gasteiger partial charge in [0.05, 0.1) is 0 Å². The van der Waals surface area contributed by atoms with Gasteiger partial charge in [0.2, 0.25) is 0 Å². The van der Waals surface area contributed by atoms with Gasteiger partial charge in [0.1, 0.15) is 0 Å². The standard InChI is InChI=1S/C9H24N2Si2.2ClH.Ti/c1-12(2,3)10-8-7-9-11-13(4,5)6;;;/h7-9H2,1-6H3;2*1H;/q-2;;;+2/p-2. The number of hydrogen-bond acceptors (Lipinski definition) is 0. The summed E-state index contributed by atoms with van der Waals surface area (Å²) < 4.78 is 0. The first-order chi connectivity index (χ1) is 7.12. The summed E-state index contributed by atoms with van der Waals surface area (Å²) in [5, 5.41) is 0. The Morgan fingerprint density at radius 3 is 1.25 bits per heavy atom. The Morgan fingerprint density at radius 1 is 0.812 bits per heavy atom. The average molecular weight is 335 g/mol. The molecular formula is C9H24Cl2N2Si2Ti-2. The van der Waals surface area contributed by atoms with Crippen LogP contribution in [0.25, 0.3) is 9.96 Å². The first kappa shape index (κ1) is 20.0. The predicted octanol–water partition coefficient (Wildman–Crippen LogP) is 5.17. The first-order valence-electron chi connectivity index (χ1n) is 5.46. The Hall–Kier alpha value is 1.65. The van der Waals surface area contributed by atoms with Crippen LogP contribution in [0.3, 0.4) is 0 Å². The molecule has 0 radical (unpaired) electrons. The van der Waals surface area contributed by atoms with E-state index in [0.29, 0.717) is 0 Å². The zero-order chi connectivity index (χ0) is 13.2. The zero-order valence-corrected chi connectivity index (χ0v) is 16.3. The molecule has 0 heterocycles. The monoisotopic (exact) mass is 334 g/mol. The average Bonchev–Trinajstić information content (AvgIpc) is 2.00. The molecule has 0 saturated carbocycles. The fourth-order valence-electron chi connectivity index (χ4n) is 0.900. The molecule has 0 amide bonds. The third kappa shape index (κ3) is 24.7. The molecule has 16 heavy (non-hydrogen) atoms. The first-order valence-corrected chi connectivity index (χ1v) is 16.6. The molecule has 0 aliphatic heterocycles. The van der Waals surface area contributed by atoms with E-state index in [1.165, 1.54) is 0 Å². The molecule has 0 aliphatic carbocycles. The maximum atomic E-state index is 4.89. The normalized spacial score (nSPS) is 11.8. The van der Waals surface area contributed by atoms with Crippen molar-refractivity contribution in [1.29, 1.82) is 0 Å². The summed E-state index contributed by atoms with van der Waals surface area (Å²) in [5.74, 6) is 0. The fraction of sp³-hybridized carbons (Fsp3) is 1.00. The Bertz CT molecular complexity index is 145. The van der Waals surface area contributed by atoms with E-state index >= 15 is 0 Å². The van der Waals surface area contributed by atoms with E-state index in [1.807, 2.05) is 0 Å². The van der Waals surface area contributed by atoms with Crippen molar-refractivity contribution >= 4 is 35.1 Å². The van der Waals surface area contributed by atoms with Gasteiger partial charge >= 0.3 is 35.6 Å². The van der Waals surface area contributed by atoms with Crippen LogP contribution in [0.4, 0.5) is 0 Å². The second kappa shape index (κ2) is 10.6. The van der Waals surface area contributed by atoms with Crippen LogP contribution < -0.4 is 0 Å². The van der Waals surface area contributed by atoms with Crippen LogP contribution in [0.15, 0.2) is 0 Å². The molecule has 98 valence electrons. The molecule has 0 aromatic heterocycles. The summed E-state index contributed by atoms with van der Waals surface area (Å²) in [6.07, 6.45) is 1.15. The van der Waals surface area contributed by atoms with Crippen LogP contribution in [0, 0.1) is 0 Å². The summed E-state index contributed by atoms with van der Waals surface area (Å²) in [4.78, 5) is 9.34. The predicted molar refractivity (Wildman–Crippen MR) is 79.5 cm³/mol. The molecule has 0 fully saturated rings. The topological polar surface area (TPSA) is 28.2 Å². The number of halogens is 2. The van der Waals surface area contributed by atoms with E-state index in [-0.39, 0.29) is 0 Å². The van der Waals surface area contributed by atoms with E-state index in [0.717, 1.165) is 19.5 Å². The van der Waals surface area contributed by atoms with Gasteiger partial charge in [-0.05, 0) is 0 Å². The van der Waals surface area contributed by atoms with E-state index in [9.17, 15) is 0 Å². The molecule has 2 nitrogen and oxygen atoms in total. The number of nitrogens with zero attached hydrogens (tertiary/aromatic N) is 2. The van der Waals surface area contributed by atoms with Crippen molar-refractivity contribution in [3.63, 3.8) is 0 Å². The molecule has 0 rings (SSSR count). The Morgan fingerprint density at radius 2 is 1.06 bits per heavy atom. The summed E-state index contributed by atoms with van der Waals surface area (Å²) in [6.45, 7) is 15.7. The molecule has 0 spiro atoms. The van der Waals surface area contributed by atoms with Crippen LogP contribution in [0.5, 0.6) is 0 Å². The molecule has 0 aromatic carbocycles. The van der Waals surface area contributed by atoms with Gasteiger partial charge in [-0.1, -0.05) is 62.2 Å². The van der Waals surface area contributed by atoms with E-state index in [2.05, 4.69) is 49.2 Å². The summed E-state index contributed by atoms with van der Waals surface area (Å²) >= 11 is -0.556. The van der Waals surface area contributed by atoms with Gasteiger partial charge in [-0.2, -0.15) is 13.1 Å². The molecule has 7 heteroatoms. The maximum absolute atomic E-state index is 4.89. The Labute approximate surface area is 120 Å². The summed E-state index contributed by atoms with van der Waals surface area (Å²) in [6, 6.07) is 0. The molecule has 0 saturated heterocycles. The molecule has 0 atom stereocenters. The third-order valence-corrected chi connectivity index (χ3v) is 3.83. The van der Waals surface area contributed by atoms with E-state index < -0.39 is 33.5 Å². The Kier molecular flexibility index (Phi) is 13.2. The van der Waals surface area contributed by atoms with Crippen molar-refractivity contribution in [2.45, 2.75) is 45.7 Å². The SMILES string of the molecule is C[Si](C)(C)[N-]CCC[N-][Si](C)(C)C.[Cl][Ti][Cl]. The summed E-state index contributed by atoms with van der Waals surface area (Å²) in [7, 11) is 7.46. The van der Waals surface area contributed by atoms with Crippen molar-refractivity contribution in [2.24, 2.45) is 0 Å². The van der Waals surface area contributed by atoms with Gasteiger partial charge in [-0.25, -0.2) is 0 Å². The third-order valence-electron chi connectivity index (χ3n) is 1.49. The summed E-state index contributed by atoms with van der Waals surface area (Å²) in [5.41, 5.74) is 0. The second-order valence-corrected chi connectivity index (χ2v) is 17.4. The van der Waals surface area contributed by atoms with E-state index in [1.54, 1.807) is 0 Å². The minimum atomic E-state index is -1.16. The van der Waals surface area contributed by atoms with Crippen molar-refractivity contribution in [3.05, 3.63) is 9.96 Å². The Balaban J connectivity index is 0. The number of rotatable bonds is 6. The van der Waals surface area contributed by atoms with Gasteiger partial charge in [0, 0.05) is 0 Å². The molecule has 0 unspecified atom stereocenters. The minimum absolute atomic E-state index is 0.556. The molecular weight excluding hydrogens is 311 g/mol. The van der Waals surface area contributed by atoms with Crippen LogP contribution in [-0.4, -0.2) is 29.6 Å². The van der Waals surface area contributed by atoms with Crippen molar-refractivity contribution in [1.82, 2.24) is 0 Å². The van der Waals surface area contributed by atoms with Crippen molar-refractivity contribution in [2.75, 3.05) is 13.1 Å². The quantitative estimate of drug-likeness (QED) is 0.473. The van der Waals surface area contributed by atoms with Crippen LogP contribution >= 0.6 is 18.6 Å². The van der Waals surface area contributed by atoms with Gasteiger partial charge in [-0.15, -0.1) is 0 Å². The van der Waals surface area contributed by atoms with Crippen LogP contribution in [-0.2, 0) is 17.0 Å². The second-order valence-electron chi connectivity index (χ2n) is 5.53. The molecule has 0 aromatic rings. The molecule has 0 aliphatic rings. The van der Waals surface area contributed by atoms with E-state index in [4.69, 9.17) is 18.6 Å². The van der Waals surface area contributed by atoms with Gasteiger partial charge in [0.15, 0.2) is 0 Å². The van der Waals surface area contributed by atoms with Gasteiger partial charge in [-0.3, -0.25) is 0 Å². The van der Waals surface area contributed by atoms with Crippen LogP contribution in [0.2, 0.25) is 39.3 Å². The van der Waals surface area contributed by atoms with Gasteiger partial charge in [0.25, 0.3) is 0 Å². The molecule has 0 bridgehead atoms. The number of hydrogen-bond donors (Lipinski definition) is 0. The van der Waals surface area contributed by atoms with Crippen molar-refractivity contribution in [3.8, 4) is 0 Å². The zero-order valence-electron chi connectivity index (χ0n) is 11.3. The van der Waals surface area contributed by atoms with Crippen molar-refractivity contribution < 1.29 is 17.0 Å². The van der Waals surface area contributed by atoms with Gasteiger partial charge < -0.3 is 9.96 Å².